The number of nitrogens with one attached hydrogen (secondary N) is 1. The van der Waals surface area contributed by atoms with Crippen LogP contribution in [0.1, 0.15) is 23.9 Å². The van der Waals surface area contributed by atoms with Crippen molar-refractivity contribution in [2.75, 3.05) is 26.2 Å². The van der Waals surface area contributed by atoms with Gasteiger partial charge in [-0.2, -0.15) is 5.10 Å². The summed E-state index contributed by atoms with van der Waals surface area (Å²) >= 11 is 0. The molecule has 0 spiro atoms. The lowest BCUT2D eigenvalue weighted by atomic mass is 10.1. The van der Waals surface area contributed by atoms with Gasteiger partial charge in [0.2, 0.25) is 11.8 Å². The molecular weight excluding hydrogens is 272 g/mol. The van der Waals surface area contributed by atoms with Crippen LogP contribution in [-0.2, 0) is 16.0 Å². The number of hydrogen-bond donors (Lipinski definition) is 2. The maximum Gasteiger partial charge on any atom is 0.227 e. The molecule has 1 atom stereocenters. The molecule has 0 unspecified atom stereocenters. The predicted octanol–water partition coefficient (Wildman–Crippen LogP) is -0.379. The molecule has 0 aromatic carbocycles. The number of aryl methyl sites for hydroxylation is 2. The summed E-state index contributed by atoms with van der Waals surface area (Å²) in [6, 6.07) is 0. The van der Waals surface area contributed by atoms with E-state index in [1.165, 1.54) is 6.92 Å². The molecule has 1 saturated heterocycles. The molecule has 0 aliphatic carbocycles. The van der Waals surface area contributed by atoms with Gasteiger partial charge < -0.3 is 14.9 Å². The van der Waals surface area contributed by atoms with Crippen molar-refractivity contribution in [2.24, 2.45) is 0 Å². The van der Waals surface area contributed by atoms with Crippen LogP contribution in [0.15, 0.2) is 0 Å². The predicted molar refractivity (Wildman–Crippen MR) is 76.6 cm³/mol. The highest BCUT2D eigenvalue weighted by molar-refractivity contribution is 5.79. The normalized spacial score (nSPS) is 19.5. The molecule has 2 N–H and O–H groups in total. The SMILES string of the molecule is CC(=O)N1CCN(C(=O)Cc2c(C)n[nH]c2C)C[C@@H](O)C1. The summed E-state index contributed by atoms with van der Waals surface area (Å²) in [5.41, 5.74) is 2.62. The Kier molecular flexibility index (Phi) is 4.62. The van der Waals surface area contributed by atoms with Gasteiger partial charge in [0, 0.05) is 44.4 Å². The quantitative estimate of drug-likeness (QED) is 0.778. The van der Waals surface area contributed by atoms with Crippen molar-refractivity contribution in [1.82, 2.24) is 20.0 Å². The molecule has 0 saturated carbocycles. The van der Waals surface area contributed by atoms with E-state index in [1.54, 1.807) is 9.80 Å². The molecule has 1 aliphatic rings. The van der Waals surface area contributed by atoms with Gasteiger partial charge in [-0.05, 0) is 13.8 Å². The summed E-state index contributed by atoms with van der Waals surface area (Å²) in [5, 5.41) is 16.9. The third kappa shape index (κ3) is 3.60. The van der Waals surface area contributed by atoms with Crippen LogP contribution in [0.5, 0.6) is 0 Å². The Labute approximate surface area is 123 Å². The molecule has 2 heterocycles. The first-order chi connectivity index (χ1) is 9.88. The Morgan fingerprint density at radius 3 is 2.48 bits per heavy atom. The number of carbonyl (C=O) groups excluding carboxylic acids is 2. The monoisotopic (exact) mass is 294 g/mol. The smallest absolute Gasteiger partial charge is 0.227 e. The van der Waals surface area contributed by atoms with E-state index in [0.29, 0.717) is 13.1 Å². The Balaban J connectivity index is 2.04. The van der Waals surface area contributed by atoms with Gasteiger partial charge in [0.25, 0.3) is 0 Å². The van der Waals surface area contributed by atoms with Crippen molar-refractivity contribution >= 4 is 11.8 Å². The van der Waals surface area contributed by atoms with Crippen LogP contribution in [0.2, 0.25) is 0 Å². The number of aliphatic hydroxyl groups is 1. The molecule has 116 valence electrons. The van der Waals surface area contributed by atoms with Crippen LogP contribution in [0.4, 0.5) is 0 Å². The van der Waals surface area contributed by atoms with Gasteiger partial charge in [0.05, 0.1) is 18.2 Å². The minimum atomic E-state index is -0.702. The third-order valence-corrected chi connectivity index (χ3v) is 3.91. The number of carbonyl (C=O) groups is 2. The van der Waals surface area contributed by atoms with Gasteiger partial charge in [-0.15, -0.1) is 0 Å². The van der Waals surface area contributed by atoms with E-state index >= 15 is 0 Å². The van der Waals surface area contributed by atoms with E-state index in [1.807, 2.05) is 13.8 Å². The highest BCUT2D eigenvalue weighted by atomic mass is 16.3. The molecule has 7 nitrogen and oxygen atoms in total. The van der Waals surface area contributed by atoms with Crippen LogP contribution >= 0.6 is 0 Å². The van der Waals surface area contributed by atoms with Crippen molar-refractivity contribution in [3.8, 4) is 0 Å². The Morgan fingerprint density at radius 2 is 1.90 bits per heavy atom. The summed E-state index contributed by atoms with van der Waals surface area (Å²) in [6.07, 6.45) is -0.437. The maximum atomic E-state index is 12.4. The zero-order valence-electron chi connectivity index (χ0n) is 12.7. The maximum absolute atomic E-state index is 12.4. The summed E-state index contributed by atoms with van der Waals surface area (Å²) in [6.45, 7) is 6.68. The molecule has 1 aromatic rings. The zero-order chi connectivity index (χ0) is 15.6. The van der Waals surface area contributed by atoms with Crippen molar-refractivity contribution in [3.63, 3.8) is 0 Å². The number of aromatic amines is 1. The van der Waals surface area contributed by atoms with E-state index in [9.17, 15) is 14.7 Å². The number of aliphatic hydroxyl groups excluding tert-OH is 1. The first-order valence-electron chi connectivity index (χ1n) is 7.10. The third-order valence-electron chi connectivity index (χ3n) is 3.91. The minimum absolute atomic E-state index is 0.0490. The number of nitrogens with zero attached hydrogens (tertiary/aromatic N) is 3. The number of β-amino-alcohol motifs (C(OH)–C–C–N with tert-alkyl or cyclic N) is 1. The number of amides is 2. The summed E-state index contributed by atoms with van der Waals surface area (Å²) in [4.78, 5) is 27.0. The first-order valence-corrected chi connectivity index (χ1v) is 7.10. The van der Waals surface area contributed by atoms with Gasteiger partial charge in [-0.3, -0.25) is 14.7 Å². The lowest BCUT2D eigenvalue weighted by Crippen LogP contribution is -2.38. The first kappa shape index (κ1) is 15.5. The van der Waals surface area contributed by atoms with Gasteiger partial charge in [0.1, 0.15) is 0 Å². The van der Waals surface area contributed by atoms with Crippen LogP contribution in [0.25, 0.3) is 0 Å². The summed E-state index contributed by atoms with van der Waals surface area (Å²) in [7, 11) is 0. The fourth-order valence-electron chi connectivity index (χ4n) is 2.60. The molecule has 1 fully saturated rings. The van der Waals surface area contributed by atoms with Crippen molar-refractivity contribution < 1.29 is 14.7 Å². The minimum Gasteiger partial charge on any atom is -0.389 e. The number of aromatic nitrogens is 2. The van der Waals surface area contributed by atoms with Crippen molar-refractivity contribution in [3.05, 3.63) is 17.0 Å². The number of H-pyrrole nitrogens is 1. The molecule has 21 heavy (non-hydrogen) atoms. The van der Waals surface area contributed by atoms with E-state index in [2.05, 4.69) is 10.2 Å². The second-order valence-corrected chi connectivity index (χ2v) is 5.55. The Bertz CT molecular complexity index is 521. The van der Waals surface area contributed by atoms with E-state index in [4.69, 9.17) is 0 Å². The fourth-order valence-corrected chi connectivity index (χ4v) is 2.60. The Hall–Kier alpha value is -1.89. The zero-order valence-corrected chi connectivity index (χ0v) is 12.7. The molecule has 1 aromatic heterocycles. The average molecular weight is 294 g/mol. The van der Waals surface area contributed by atoms with Gasteiger partial charge in [-0.1, -0.05) is 0 Å². The van der Waals surface area contributed by atoms with Gasteiger partial charge in [-0.25, -0.2) is 0 Å². The van der Waals surface area contributed by atoms with Crippen LogP contribution in [-0.4, -0.2) is 69.2 Å². The molecule has 1 aliphatic heterocycles. The highest BCUT2D eigenvalue weighted by Crippen LogP contribution is 2.13. The largest absolute Gasteiger partial charge is 0.389 e. The molecule has 2 rings (SSSR count). The molecule has 0 radical (unpaired) electrons. The second kappa shape index (κ2) is 6.26. The lowest BCUT2D eigenvalue weighted by Gasteiger charge is -2.21. The lowest BCUT2D eigenvalue weighted by molar-refractivity contribution is -0.132. The van der Waals surface area contributed by atoms with E-state index < -0.39 is 6.10 Å². The van der Waals surface area contributed by atoms with E-state index in [-0.39, 0.29) is 31.3 Å². The van der Waals surface area contributed by atoms with Crippen LogP contribution in [0.3, 0.4) is 0 Å². The average Bonchev–Trinajstić information content (AvgIpc) is 2.64. The van der Waals surface area contributed by atoms with Gasteiger partial charge in [0.15, 0.2) is 0 Å². The molecular formula is C14H22N4O3. The summed E-state index contributed by atoms with van der Waals surface area (Å²) < 4.78 is 0. The number of rotatable bonds is 2. The highest BCUT2D eigenvalue weighted by Gasteiger charge is 2.26. The van der Waals surface area contributed by atoms with Crippen molar-refractivity contribution in [2.45, 2.75) is 33.3 Å². The van der Waals surface area contributed by atoms with E-state index in [0.717, 1.165) is 17.0 Å². The van der Waals surface area contributed by atoms with Gasteiger partial charge >= 0.3 is 0 Å². The molecule has 0 bridgehead atoms. The van der Waals surface area contributed by atoms with Crippen molar-refractivity contribution in [1.29, 1.82) is 0 Å². The number of hydrogen-bond acceptors (Lipinski definition) is 4. The Morgan fingerprint density at radius 1 is 1.29 bits per heavy atom. The topological polar surface area (TPSA) is 89.5 Å². The van der Waals surface area contributed by atoms with Crippen LogP contribution < -0.4 is 0 Å². The fraction of sp³-hybridized carbons (Fsp3) is 0.643. The molecule has 7 heteroatoms. The second-order valence-electron chi connectivity index (χ2n) is 5.55. The summed E-state index contributed by atoms with van der Waals surface area (Å²) in [5.74, 6) is -0.128. The standard InChI is InChI=1S/C14H22N4O3/c1-9-13(10(2)16-15-9)6-14(21)18-5-4-17(11(3)19)7-12(20)8-18/h12,20H,4-8H2,1-3H3,(H,15,16)/t12-/m0/s1. The van der Waals surface area contributed by atoms with Crippen LogP contribution in [0, 0.1) is 13.8 Å². The molecule has 2 amide bonds.